The van der Waals surface area contributed by atoms with Crippen LogP contribution in [0.5, 0.6) is 0 Å². The Morgan fingerprint density at radius 1 is 0.905 bits per heavy atom. The summed E-state index contributed by atoms with van der Waals surface area (Å²) in [6.07, 6.45) is 5.47. The molecule has 4 rings (SSSR count). The summed E-state index contributed by atoms with van der Waals surface area (Å²) in [4.78, 5) is 29.4. The van der Waals surface area contributed by atoms with Gasteiger partial charge in [0.05, 0.1) is 10.6 Å². The molecule has 1 N–H and O–H groups in total. The highest BCUT2D eigenvalue weighted by Gasteiger charge is 2.34. The van der Waals surface area contributed by atoms with Crippen molar-refractivity contribution in [3.63, 3.8) is 0 Å². The molecule has 0 radical (unpaired) electrons. The Kier molecular flexibility index (Phi) is 10.7. The van der Waals surface area contributed by atoms with E-state index in [0.29, 0.717) is 22.7 Å². The van der Waals surface area contributed by atoms with Crippen LogP contribution in [0, 0.1) is 13.8 Å². The lowest BCUT2D eigenvalue weighted by molar-refractivity contribution is -0.140. The molecule has 0 saturated heterocycles. The summed E-state index contributed by atoms with van der Waals surface area (Å²) in [7, 11) is -4.11. The van der Waals surface area contributed by atoms with Gasteiger partial charge in [0.1, 0.15) is 12.6 Å². The van der Waals surface area contributed by atoms with Gasteiger partial charge >= 0.3 is 0 Å². The van der Waals surface area contributed by atoms with Gasteiger partial charge in [-0.15, -0.1) is 0 Å². The van der Waals surface area contributed by atoms with Crippen LogP contribution < -0.4 is 9.62 Å². The van der Waals surface area contributed by atoms with Gasteiger partial charge in [-0.2, -0.15) is 0 Å². The summed E-state index contributed by atoms with van der Waals surface area (Å²) in [6.45, 7) is 5.25. The van der Waals surface area contributed by atoms with Crippen molar-refractivity contribution in [1.29, 1.82) is 0 Å². The highest BCUT2D eigenvalue weighted by Crippen LogP contribution is 2.27. The lowest BCUT2D eigenvalue weighted by Gasteiger charge is -2.34. The first-order valence-corrected chi connectivity index (χ1v) is 16.4. The third-order valence-corrected chi connectivity index (χ3v) is 10.0. The molecule has 224 valence electrons. The molecule has 2 amide bonds. The van der Waals surface area contributed by atoms with Gasteiger partial charge in [-0.05, 0) is 69.0 Å². The molecule has 0 bridgehead atoms. The molecule has 1 fully saturated rings. The standard InChI is InChI=1S/C33H40ClN3O4S/c1-4-31(33(39)35-27-11-6-5-7-12-27)36(22-26-10-8-9-13-30(26)34)32(38)23-37(28-18-14-24(2)15-19-28)42(40,41)29-20-16-25(3)17-21-29/h8-10,13-21,27,31H,4-7,11-12,22-23H2,1-3H3,(H,35,39). The summed E-state index contributed by atoms with van der Waals surface area (Å²) >= 11 is 6.49. The third-order valence-electron chi connectivity index (χ3n) is 7.85. The van der Waals surface area contributed by atoms with E-state index >= 15 is 0 Å². The molecule has 1 unspecified atom stereocenters. The van der Waals surface area contributed by atoms with E-state index in [1.165, 1.54) is 4.90 Å². The predicted molar refractivity (Wildman–Crippen MR) is 168 cm³/mol. The average Bonchev–Trinajstić information content (AvgIpc) is 2.98. The van der Waals surface area contributed by atoms with Crippen molar-refractivity contribution >= 4 is 39.1 Å². The van der Waals surface area contributed by atoms with Crippen molar-refractivity contribution in [2.45, 2.75) is 82.8 Å². The van der Waals surface area contributed by atoms with Crippen LogP contribution in [0.1, 0.15) is 62.1 Å². The maximum atomic E-state index is 14.2. The molecule has 42 heavy (non-hydrogen) atoms. The Labute approximate surface area is 254 Å². The van der Waals surface area contributed by atoms with Crippen LogP contribution in [0.3, 0.4) is 0 Å². The van der Waals surface area contributed by atoms with Gasteiger partial charge in [0.15, 0.2) is 0 Å². The van der Waals surface area contributed by atoms with Gasteiger partial charge in [0.2, 0.25) is 11.8 Å². The van der Waals surface area contributed by atoms with Crippen molar-refractivity contribution in [3.8, 4) is 0 Å². The number of nitrogens with zero attached hydrogens (tertiary/aromatic N) is 2. The quantitative estimate of drug-likeness (QED) is 0.272. The number of rotatable bonds is 11. The Balaban J connectivity index is 1.71. The third kappa shape index (κ3) is 7.72. The number of halogens is 1. The smallest absolute Gasteiger partial charge is 0.264 e. The normalized spacial score (nSPS) is 14.7. The lowest BCUT2D eigenvalue weighted by Crippen LogP contribution is -2.54. The molecule has 1 atom stereocenters. The minimum absolute atomic E-state index is 0.0709. The van der Waals surface area contributed by atoms with Crippen molar-refractivity contribution in [2.24, 2.45) is 0 Å². The van der Waals surface area contributed by atoms with Crippen LogP contribution in [0.2, 0.25) is 5.02 Å². The van der Waals surface area contributed by atoms with Crippen molar-refractivity contribution in [2.75, 3.05) is 10.8 Å². The molecule has 0 aliphatic heterocycles. The number of sulfonamides is 1. The molecule has 3 aromatic carbocycles. The topological polar surface area (TPSA) is 86.8 Å². The summed E-state index contributed by atoms with van der Waals surface area (Å²) in [5.41, 5.74) is 2.93. The van der Waals surface area contributed by atoms with Crippen LogP contribution >= 0.6 is 11.6 Å². The molecule has 3 aromatic rings. The second-order valence-corrected chi connectivity index (χ2v) is 13.3. The van der Waals surface area contributed by atoms with Gasteiger partial charge in [0, 0.05) is 17.6 Å². The highest BCUT2D eigenvalue weighted by atomic mass is 35.5. The summed E-state index contributed by atoms with van der Waals surface area (Å²) < 4.78 is 29.1. The number of carbonyl (C=O) groups is 2. The Hall–Kier alpha value is -3.36. The van der Waals surface area contributed by atoms with Crippen LogP contribution in [0.4, 0.5) is 5.69 Å². The van der Waals surface area contributed by atoms with Crippen molar-refractivity contribution in [3.05, 3.63) is 94.5 Å². The van der Waals surface area contributed by atoms with Crippen LogP contribution in [0.25, 0.3) is 0 Å². The summed E-state index contributed by atoms with van der Waals surface area (Å²) in [5.74, 6) is -0.718. The van der Waals surface area contributed by atoms with E-state index in [1.54, 1.807) is 48.5 Å². The summed E-state index contributed by atoms with van der Waals surface area (Å²) in [5, 5.41) is 3.63. The summed E-state index contributed by atoms with van der Waals surface area (Å²) in [6, 6.07) is 20.0. The van der Waals surface area contributed by atoms with Gasteiger partial charge < -0.3 is 10.2 Å². The average molecular weight is 610 g/mol. The van der Waals surface area contributed by atoms with Crippen molar-refractivity contribution in [1.82, 2.24) is 10.2 Å². The molecule has 9 heteroatoms. The molecule has 1 aliphatic rings. The Bertz CT molecular complexity index is 1470. The van der Waals surface area contributed by atoms with Gasteiger partial charge in [-0.1, -0.05) is 91.4 Å². The molecular formula is C33H40ClN3O4S. The van der Waals surface area contributed by atoms with Gasteiger partial charge in [-0.3, -0.25) is 13.9 Å². The number of hydrogen-bond donors (Lipinski definition) is 1. The lowest BCUT2D eigenvalue weighted by atomic mass is 9.95. The Morgan fingerprint density at radius 3 is 2.10 bits per heavy atom. The maximum Gasteiger partial charge on any atom is 0.264 e. The number of benzene rings is 3. The number of nitrogens with one attached hydrogen (secondary N) is 1. The van der Waals surface area contributed by atoms with E-state index in [4.69, 9.17) is 11.6 Å². The first-order valence-electron chi connectivity index (χ1n) is 14.6. The molecule has 0 aromatic heterocycles. The van der Waals surface area contributed by atoms with Crippen LogP contribution in [-0.2, 0) is 26.2 Å². The number of amides is 2. The molecular weight excluding hydrogens is 570 g/mol. The van der Waals surface area contributed by atoms with E-state index in [9.17, 15) is 18.0 Å². The van der Waals surface area contributed by atoms with E-state index in [2.05, 4.69) is 5.32 Å². The maximum absolute atomic E-state index is 14.2. The zero-order valence-corrected chi connectivity index (χ0v) is 26.1. The van der Waals surface area contributed by atoms with Gasteiger partial charge in [0.25, 0.3) is 10.0 Å². The molecule has 1 saturated carbocycles. The second kappa shape index (κ2) is 14.2. The monoisotopic (exact) mass is 609 g/mol. The zero-order valence-electron chi connectivity index (χ0n) is 24.6. The second-order valence-electron chi connectivity index (χ2n) is 11.0. The predicted octanol–water partition coefficient (Wildman–Crippen LogP) is 6.41. The fourth-order valence-corrected chi connectivity index (χ4v) is 6.96. The molecule has 0 heterocycles. The molecule has 1 aliphatic carbocycles. The molecule has 0 spiro atoms. The molecule has 7 nitrogen and oxygen atoms in total. The largest absolute Gasteiger partial charge is 0.352 e. The van der Waals surface area contributed by atoms with Crippen molar-refractivity contribution < 1.29 is 18.0 Å². The fraction of sp³-hybridized carbons (Fsp3) is 0.394. The van der Waals surface area contributed by atoms with Crippen LogP contribution in [0.15, 0.2) is 77.7 Å². The van der Waals surface area contributed by atoms with Crippen LogP contribution in [-0.4, -0.2) is 43.8 Å². The first-order chi connectivity index (χ1) is 20.1. The van der Waals surface area contributed by atoms with E-state index in [-0.39, 0.29) is 23.4 Å². The zero-order chi connectivity index (χ0) is 30.3. The SMILES string of the molecule is CCC(C(=O)NC1CCCCC1)N(Cc1ccccc1Cl)C(=O)CN(c1ccc(C)cc1)S(=O)(=O)c1ccc(C)cc1. The van der Waals surface area contributed by atoms with E-state index in [1.807, 2.05) is 45.0 Å². The Morgan fingerprint density at radius 2 is 1.50 bits per heavy atom. The van der Waals surface area contributed by atoms with E-state index in [0.717, 1.165) is 47.5 Å². The fourth-order valence-electron chi connectivity index (χ4n) is 5.35. The van der Waals surface area contributed by atoms with E-state index < -0.39 is 28.5 Å². The number of anilines is 1. The number of carbonyl (C=O) groups excluding carboxylic acids is 2. The number of aryl methyl sites for hydroxylation is 2. The minimum atomic E-state index is -4.11. The first kappa shape index (κ1) is 31.6. The highest BCUT2D eigenvalue weighted by molar-refractivity contribution is 7.92. The van der Waals surface area contributed by atoms with Gasteiger partial charge in [-0.25, -0.2) is 8.42 Å². The minimum Gasteiger partial charge on any atom is -0.352 e. The number of hydrogen-bond acceptors (Lipinski definition) is 4.